The first-order valence-corrected chi connectivity index (χ1v) is 5.27. The number of benzene rings is 1. The van der Waals surface area contributed by atoms with E-state index in [9.17, 15) is 19.8 Å². The maximum absolute atomic E-state index is 10.7. The minimum atomic E-state index is -1.35. The quantitative estimate of drug-likeness (QED) is 0.607. The van der Waals surface area contributed by atoms with Crippen molar-refractivity contribution in [2.45, 2.75) is 18.6 Å². The van der Waals surface area contributed by atoms with E-state index in [4.69, 9.17) is 10.5 Å². The lowest BCUT2D eigenvalue weighted by Crippen LogP contribution is -2.26. The second-order valence-electron chi connectivity index (χ2n) is 3.80. The van der Waals surface area contributed by atoms with Crippen LogP contribution in [0.1, 0.15) is 28.4 Å². The molecule has 1 amide bonds. The molecule has 0 saturated carbocycles. The van der Waals surface area contributed by atoms with E-state index in [0.29, 0.717) is 17.6 Å². The predicted molar refractivity (Wildman–Crippen MR) is 63.2 cm³/mol. The summed E-state index contributed by atoms with van der Waals surface area (Å²) in [6.45, 7) is 0. The van der Waals surface area contributed by atoms with E-state index in [1.807, 2.05) is 0 Å². The number of aliphatic hydroxyl groups is 2. The lowest BCUT2D eigenvalue weighted by atomic mass is 9.99. The van der Waals surface area contributed by atoms with Gasteiger partial charge in [0.1, 0.15) is 18.1 Å². The molecule has 6 heteroatoms. The first-order valence-electron chi connectivity index (χ1n) is 5.27. The van der Waals surface area contributed by atoms with Crippen LogP contribution in [0.25, 0.3) is 0 Å². The second kappa shape index (κ2) is 6.13. The van der Waals surface area contributed by atoms with E-state index in [0.717, 1.165) is 0 Å². The van der Waals surface area contributed by atoms with E-state index < -0.39 is 18.1 Å². The molecule has 1 aromatic rings. The minimum Gasteiger partial charge on any atom is -0.496 e. The zero-order valence-corrected chi connectivity index (χ0v) is 9.87. The van der Waals surface area contributed by atoms with Crippen LogP contribution in [0, 0.1) is 0 Å². The normalized spacial score (nSPS) is 13.7. The average molecular weight is 253 g/mol. The summed E-state index contributed by atoms with van der Waals surface area (Å²) in [6, 6.07) is 4.41. The van der Waals surface area contributed by atoms with Crippen LogP contribution >= 0.6 is 0 Å². The number of hydrogen-bond acceptors (Lipinski definition) is 5. The number of aldehydes is 1. The van der Waals surface area contributed by atoms with Gasteiger partial charge < -0.3 is 20.7 Å². The second-order valence-corrected chi connectivity index (χ2v) is 3.80. The highest BCUT2D eigenvalue weighted by Gasteiger charge is 2.23. The SMILES string of the molecule is COc1ccc(C=O)cc1C(O)C(O)CC(N)=O. The van der Waals surface area contributed by atoms with Gasteiger partial charge in [-0.2, -0.15) is 0 Å². The van der Waals surface area contributed by atoms with Crippen molar-refractivity contribution in [2.75, 3.05) is 7.11 Å². The largest absolute Gasteiger partial charge is 0.496 e. The van der Waals surface area contributed by atoms with Gasteiger partial charge in [0.25, 0.3) is 0 Å². The Hall–Kier alpha value is -1.92. The average Bonchev–Trinajstić information content (AvgIpc) is 2.36. The van der Waals surface area contributed by atoms with E-state index in [1.54, 1.807) is 0 Å². The van der Waals surface area contributed by atoms with Crippen molar-refractivity contribution in [1.82, 2.24) is 0 Å². The molecule has 0 aliphatic rings. The van der Waals surface area contributed by atoms with Crippen molar-refractivity contribution in [3.8, 4) is 5.75 Å². The molecule has 0 aromatic heterocycles. The fraction of sp³-hybridized carbons (Fsp3) is 0.333. The first-order chi connectivity index (χ1) is 8.49. The maximum Gasteiger partial charge on any atom is 0.220 e. The van der Waals surface area contributed by atoms with Crippen LogP contribution in [0.15, 0.2) is 18.2 Å². The number of rotatable bonds is 6. The highest BCUT2D eigenvalue weighted by atomic mass is 16.5. The minimum absolute atomic E-state index is 0.232. The van der Waals surface area contributed by atoms with Gasteiger partial charge >= 0.3 is 0 Å². The number of aliphatic hydroxyl groups excluding tert-OH is 2. The molecule has 0 heterocycles. The summed E-state index contributed by atoms with van der Waals surface area (Å²) in [5.74, 6) is -0.413. The first kappa shape index (κ1) is 14.1. The third-order valence-corrected chi connectivity index (χ3v) is 2.48. The summed E-state index contributed by atoms with van der Waals surface area (Å²) in [4.78, 5) is 21.4. The Bertz CT molecular complexity index is 446. The number of amides is 1. The molecule has 0 aliphatic heterocycles. The summed E-state index contributed by atoms with van der Waals surface area (Å²) in [6.07, 6.45) is -2.48. The van der Waals surface area contributed by atoms with E-state index in [-0.39, 0.29) is 12.0 Å². The van der Waals surface area contributed by atoms with Gasteiger partial charge in [-0.1, -0.05) is 0 Å². The van der Waals surface area contributed by atoms with Gasteiger partial charge in [0.05, 0.1) is 19.6 Å². The molecule has 2 atom stereocenters. The van der Waals surface area contributed by atoms with Crippen molar-refractivity contribution in [3.63, 3.8) is 0 Å². The van der Waals surface area contributed by atoms with E-state index in [2.05, 4.69) is 0 Å². The third kappa shape index (κ3) is 3.28. The molecule has 98 valence electrons. The Morgan fingerprint density at radius 2 is 2.17 bits per heavy atom. The van der Waals surface area contributed by atoms with Crippen molar-refractivity contribution < 1.29 is 24.5 Å². The van der Waals surface area contributed by atoms with Gasteiger partial charge in [0, 0.05) is 11.1 Å². The van der Waals surface area contributed by atoms with Crippen LogP contribution in [0.5, 0.6) is 5.75 Å². The maximum atomic E-state index is 10.7. The fourth-order valence-corrected chi connectivity index (χ4v) is 1.58. The Labute approximate surface area is 104 Å². The Morgan fingerprint density at radius 1 is 1.50 bits per heavy atom. The molecule has 0 radical (unpaired) electrons. The number of primary amides is 1. The molecule has 4 N–H and O–H groups in total. The van der Waals surface area contributed by atoms with Crippen LogP contribution in [-0.2, 0) is 4.79 Å². The molecule has 18 heavy (non-hydrogen) atoms. The molecule has 6 nitrogen and oxygen atoms in total. The number of hydrogen-bond donors (Lipinski definition) is 3. The molecule has 0 aliphatic carbocycles. The Balaban J connectivity index is 3.05. The van der Waals surface area contributed by atoms with Gasteiger partial charge in [-0.3, -0.25) is 9.59 Å². The lowest BCUT2D eigenvalue weighted by molar-refractivity contribution is -0.121. The summed E-state index contributed by atoms with van der Waals surface area (Å²) < 4.78 is 5.02. The van der Waals surface area contributed by atoms with Crippen molar-refractivity contribution in [1.29, 1.82) is 0 Å². The summed E-state index contributed by atoms with van der Waals surface area (Å²) in [5.41, 5.74) is 5.50. The highest BCUT2D eigenvalue weighted by Crippen LogP contribution is 2.29. The van der Waals surface area contributed by atoms with Crippen LogP contribution in [0.2, 0.25) is 0 Å². The predicted octanol–water partition coefficient (Wildman–Crippen LogP) is -0.223. The zero-order valence-electron chi connectivity index (χ0n) is 9.87. The Kier molecular flexibility index (Phi) is 4.82. The molecule has 1 aromatic carbocycles. The van der Waals surface area contributed by atoms with Crippen molar-refractivity contribution in [3.05, 3.63) is 29.3 Å². The van der Waals surface area contributed by atoms with Crippen molar-refractivity contribution >= 4 is 12.2 Å². The van der Waals surface area contributed by atoms with Gasteiger partial charge in [-0.25, -0.2) is 0 Å². The fourth-order valence-electron chi connectivity index (χ4n) is 1.58. The van der Waals surface area contributed by atoms with E-state index in [1.165, 1.54) is 25.3 Å². The highest BCUT2D eigenvalue weighted by molar-refractivity contribution is 5.76. The van der Waals surface area contributed by atoms with Crippen LogP contribution in [-0.4, -0.2) is 35.6 Å². The van der Waals surface area contributed by atoms with Gasteiger partial charge in [0.2, 0.25) is 5.91 Å². The van der Waals surface area contributed by atoms with Crippen LogP contribution in [0.3, 0.4) is 0 Å². The summed E-state index contributed by atoms with van der Waals surface area (Å²) >= 11 is 0. The molecule has 1 rings (SSSR count). The zero-order chi connectivity index (χ0) is 13.7. The number of methoxy groups -OCH3 is 1. The molecule has 0 bridgehead atoms. The summed E-state index contributed by atoms with van der Waals surface area (Å²) in [5, 5.41) is 19.5. The lowest BCUT2D eigenvalue weighted by Gasteiger charge is -2.19. The van der Waals surface area contributed by atoms with E-state index >= 15 is 0 Å². The number of carbonyl (C=O) groups excluding carboxylic acids is 2. The molecular weight excluding hydrogens is 238 g/mol. The number of nitrogens with two attached hydrogens (primary N) is 1. The Morgan fingerprint density at radius 3 is 2.67 bits per heavy atom. The van der Waals surface area contributed by atoms with Crippen molar-refractivity contribution in [2.24, 2.45) is 5.73 Å². The van der Waals surface area contributed by atoms with Gasteiger partial charge in [0.15, 0.2) is 0 Å². The monoisotopic (exact) mass is 253 g/mol. The summed E-state index contributed by atoms with van der Waals surface area (Å²) in [7, 11) is 1.40. The molecule has 0 spiro atoms. The molecule has 0 saturated heterocycles. The smallest absolute Gasteiger partial charge is 0.220 e. The topological polar surface area (TPSA) is 110 Å². The molecule has 2 unspecified atom stereocenters. The number of carbonyl (C=O) groups is 2. The van der Waals surface area contributed by atoms with Crippen LogP contribution < -0.4 is 10.5 Å². The molecular formula is C12H15NO5. The standard InChI is InChI=1S/C12H15NO5/c1-18-10-3-2-7(6-14)4-8(10)12(17)9(15)5-11(13)16/h2-4,6,9,12,15,17H,5H2,1H3,(H2,13,16). The van der Waals surface area contributed by atoms with Gasteiger partial charge in [-0.05, 0) is 18.2 Å². The number of ether oxygens (including phenoxy) is 1. The third-order valence-electron chi connectivity index (χ3n) is 2.48. The van der Waals surface area contributed by atoms with Crippen LogP contribution in [0.4, 0.5) is 0 Å². The van der Waals surface area contributed by atoms with Gasteiger partial charge in [-0.15, -0.1) is 0 Å². The molecule has 0 fully saturated rings.